The number of benzene rings is 2. The number of anilines is 1. The molecule has 3 rings (SSSR count). The minimum Gasteiger partial charge on any atom is -0.494 e. The molecule has 0 bridgehead atoms. The summed E-state index contributed by atoms with van der Waals surface area (Å²) < 4.78 is 11.7. The quantitative estimate of drug-likeness (QED) is 0.670. The van der Waals surface area contributed by atoms with E-state index >= 15 is 0 Å². The van der Waals surface area contributed by atoms with Crippen molar-refractivity contribution in [2.24, 2.45) is 0 Å². The van der Waals surface area contributed by atoms with E-state index in [4.69, 9.17) is 9.47 Å². The second-order valence-electron chi connectivity index (χ2n) is 7.28. The molecule has 0 spiro atoms. The molecule has 1 aliphatic rings. The summed E-state index contributed by atoms with van der Waals surface area (Å²) in [5.74, 6) is 2.28. The Labute approximate surface area is 162 Å². The van der Waals surface area contributed by atoms with Gasteiger partial charge in [-0.15, -0.1) is 0 Å². The Morgan fingerprint density at radius 2 is 1.78 bits per heavy atom. The third-order valence-corrected chi connectivity index (χ3v) is 5.00. The summed E-state index contributed by atoms with van der Waals surface area (Å²) in [5.41, 5.74) is 2.39. The average Bonchev–Trinajstić information content (AvgIpc) is 3.11. The number of ether oxygens (including phenoxy) is 2. The van der Waals surface area contributed by atoms with Crippen LogP contribution in [0, 0.1) is 0 Å². The highest BCUT2D eigenvalue weighted by Gasteiger charge is 2.24. The lowest BCUT2D eigenvalue weighted by Crippen LogP contribution is -2.24. The maximum Gasteiger partial charge on any atom is 0.130 e. The maximum absolute atomic E-state index is 11.3. The molecule has 1 heterocycles. The molecule has 4 heteroatoms. The van der Waals surface area contributed by atoms with Crippen molar-refractivity contribution in [1.29, 1.82) is 0 Å². The Kier molecular flexibility index (Phi) is 6.38. The Morgan fingerprint density at radius 1 is 1.11 bits per heavy atom. The molecule has 1 saturated heterocycles. The number of hydrogen-bond acceptors (Lipinski definition) is 4. The highest BCUT2D eigenvalue weighted by molar-refractivity contribution is 5.76. The first-order valence-electron chi connectivity index (χ1n) is 9.79. The summed E-state index contributed by atoms with van der Waals surface area (Å²) >= 11 is 0. The van der Waals surface area contributed by atoms with Gasteiger partial charge in [-0.1, -0.05) is 19.1 Å². The van der Waals surface area contributed by atoms with Crippen LogP contribution in [0.2, 0.25) is 0 Å². The van der Waals surface area contributed by atoms with Crippen LogP contribution >= 0.6 is 0 Å². The molecule has 2 aromatic carbocycles. The van der Waals surface area contributed by atoms with Gasteiger partial charge in [-0.25, -0.2) is 0 Å². The van der Waals surface area contributed by atoms with Crippen molar-refractivity contribution in [1.82, 2.24) is 0 Å². The van der Waals surface area contributed by atoms with Crippen LogP contribution in [0.3, 0.4) is 0 Å². The summed E-state index contributed by atoms with van der Waals surface area (Å²) in [7, 11) is 0. The third-order valence-electron chi connectivity index (χ3n) is 5.00. The number of carbonyl (C=O) groups is 1. The fourth-order valence-electron chi connectivity index (χ4n) is 3.60. The van der Waals surface area contributed by atoms with Crippen LogP contribution in [-0.4, -0.2) is 31.6 Å². The van der Waals surface area contributed by atoms with Gasteiger partial charge in [0.25, 0.3) is 0 Å². The summed E-state index contributed by atoms with van der Waals surface area (Å²) in [6, 6.07) is 16.4. The van der Waals surface area contributed by atoms with E-state index < -0.39 is 0 Å². The summed E-state index contributed by atoms with van der Waals surface area (Å²) in [6.07, 6.45) is 1.78. The number of nitrogens with zero attached hydrogens (tertiary/aromatic N) is 1. The van der Waals surface area contributed by atoms with Gasteiger partial charge in [-0.3, -0.25) is 0 Å². The van der Waals surface area contributed by atoms with Gasteiger partial charge >= 0.3 is 0 Å². The van der Waals surface area contributed by atoms with Crippen molar-refractivity contribution in [3.8, 4) is 11.5 Å². The lowest BCUT2D eigenvalue weighted by molar-refractivity contribution is -0.117. The molecular formula is C23H29NO3. The normalized spacial score (nSPS) is 17.6. The Balaban J connectivity index is 1.54. The lowest BCUT2D eigenvalue weighted by atomic mass is 9.96. The first kappa shape index (κ1) is 19.3. The molecule has 2 aromatic rings. The summed E-state index contributed by atoms with van der Waals surface area (Å²) in [5, 5.41) is 0. The van der Waals surface area contributed by atoms with Crippen LogP contribution in [0.4, 0.5) is 5.69 Å². The van der Waals surface area contributed by atoms with E-state index in [1.54, 1.807) is 6.92 Å². The molecule has 27 heavy (non-hydrogen) atoms. The Bertz CT molecular complexity index is 739. The maximum atomic E-state index is 11.3. The molecule has 0 aromatic heterocycles. The monoisotopic (exact) mass is 367 g/mol. The van der Waals surface area contributed by atoms with Crippen molar-refractivity contribution in [2.45, 2.75) is 45.6 Å². The molecular weight excluding hydrogens is 338 g/mol. The first-order valence-corrected chi connectivity index (χ1v) is 9.79. The number of rotatable bonds is 8. The van der Waals surface area contributed by atoms with Gasteiger partial charge in [0.1, 0.15) is 23.4 Å². The van der Waals surface area contributed by atoms with E-state index in [9.17, 15) is 4.79 Å². The van der Waals surface area contributed by atoms with Gasteiger partial charge in [-0.05, 0) is 61.7 Å². The van der Waals surface area contributed by atoms with E-state index in [0.717, 1.165) is 31.0 Å². The molecule has 2 atom stereocenters. The van der Waals surface area contributed by atoms with Gasteiger partial charge in [0.05, 0.1) is 13.2 Å². The van der Waals surface area contributed by atoms with E-state index in [2.05, 4.69) is 36.1 Å². The summed E-state index contributed by atoms with van der Waals surface area (Å²) in [6.45, 7) is 8.29. The number of Topliss-reactive ketones (excluding diaryl/α,β-unsaturated/α-hetero) is 1. The first-order chi connectivity index (χ1) is 13.0. The van der Waals surface area contributed by atoms with Crippen molar-refractivity contribution < 1.29 is 14.3 Å². The molecule has 144 valence electrons. The molecule has 0 radical (unpaired) electrons. The fraction of sp³-hybridized carbons (Fsp3) is 0.435. The molecule has 0 unspecified atom stereocenters. The largest absolute Gasteiger partial charge is 0.494 e. The van der Waals surface area contributed by atoms with Crippen LogP contribution in [0.1, 0.15) is 45.1 Å². The second kappa shape index (κ2) is 8.94. The zero-order valence-corrected chi connectivity index (χ0v) is 16.5. The standard InChI is InChI=1S/C23H29NO3/c1-4-26-21-11-7-20(8-12-21)24-14-13-23(16-24)27-22-9-5-19(6-10-22)17(2)15-18(3)25/h5-12,17,23H,4,13-16H2,1-3H3/t17-,23+/m1/s1. The highest BCUT2D eigenvalue weighted by Crippen LogP contribution is 2.27. The second-order valence-corrected chi connectivity index (χ2v) is 7.28. The smallest absolute Gasteiger partial charge is 0.130 e. The third kappa shape index (κ3) is 5.25. The molecule has 0 amide bonds. The molecule has 0 aliphatic carbocycles. The fourth-order valence-corrected chi connectivity index (χ4v) is 3.60. The SMILES string of the molecule is CCOc1ccc(N2CC[C@H](Oc3ccc([C@H](C)CC(C)=O)cc3)C2)cc1. The van der Waals surface area contributed by atoms with Crippen LogP contribution in [0.5, 0.6) is 11.5 Å². The predicted molar refractivity (Wildman–Crippen MR) is 109 cm³/mol. The van der Waals surface area contributed by atoms with Gasteiger partial charge < -0.3 is 19.2 Å². The molecule has 1 fully saturated rings. The van der Waals surface area contributed by atoms with E-state index in [1.807, 2.05) is 31.2 Å². The van der Waals surface area contributed by atoms with E-state index in [-0.39, 0.29) is 17.8 Å². The van der Waals surface area contributed by atoms with Crippen molar-refractivity contribution >= 4 is 11.5 Å². The Morgan fingerprint density at radius 3 is 2.41 bits per heavy atom. The predicted octanol–water partition coefficient (Wildman–Crippen LogP) is 4.83. The molecule has 0 N–H and O–H groups in total. The molecule has 0 saturated carbocycles. The van der Waals surface area contributed by atoms with Crippen molar-refractivity contribution in [3.63, 3.8) is 0 Å². The lowest BCUT2D eigenvalue weighted by Gasteiger charge is -2.19. The zero-order chi connectivity index (χ0) is 19.2. The molecule has 4 nitrogen and oxygen atoms in total. The van der Waals surface area contributed by atoms with Crippen molar-refractivity contribution in [3.05, 3.63) is 54.1 Å². The highest BCUT2D eigenvalue weighted by atomic mass is 16.5. The van der Waals surface area contributed by atoms with Crippen molar-refractivity contribution in [2.75, 3.05) is 24.6 Å². The van der Waals surface area contributed by atoms with Crippen LogP contribution in [-0.2, 0) is 4.79 Å². The van der Waals surface area contributed by atoms with Gasteiger partial charge in [0.15, 0.2) is 0 Å². The van der Waals surface area contributed by atoms with E-state index in [1.165, 1.54) is 11.3 Å². The number of hydrogen-bond donors (Lipinski definition) is 0. The minimum atomic E-state index is 0.192. The van der Waals surface area contributed by atoms with Gasteiger partial charge in [0.2, 0.25) is 0 Å². The summed E-state index contributed by atoms with van der Waals surface area (Å²) in [4.78, 5) is 13.6. The van der Waals surface area contributed by atoms with Gasteiger partial charge in [-0.2, -0.15) is 0 Å². The Hall–Kier alpha value is -2.49. The van der Waals surface area contributed by atoms with Gasteiger partial charge in [0, 0.05) is 25.1 Å². The number of ketones is 1. The minimum absolute atomic E-state index is 0.192. The molecule has 1 aliphatic heterocycles. The van der Waals surface area contributed by atoms with Crippen LogP contribution in [0.25, 0.3) is 0 Å². The topological polar surface area (TPSA) is 38.8 Å². The van der Waals surface area contributed by atoms with Crippen LogP contribution in [0.15, 0.2) is 48.5 Å². The zero-order valence-electron chi connectivity index (χ0n) is 16.5. The van der Waals surface area contributed by atoms with E-state index in [0.29, 0.717) is 13.0 Å². The van der Waals surface area contributed by atoms with Crippen LogP contribution < -0.4 is 14.4 Å². The number of carbonyl (C=O) groups excluding carboxylic acids is 1. The average molecular weight is 367 g/mol.